The molecule has 1 rings (SSSR count). The van der Waals surface area contributed by atoms with Gasteiger partial charge < -0.3 is 10.4 Å². The second kappa shape index (κ2) is 5.48. The van der Waals surface area contributed by atoms with Crippen LogP contribution in [-0.4, -0.2) is 32.3 Å². The fraction of sp³-hybridized carbons (Fsp3) is 0.600. The van der Waals surface area contributed by atoms with E-state index in [1.54, 1.807) is 20.9 Å². The largest absolute Gasteiger partial charge is 0.481 e. The lowest BCUT2D eigenvalue weighted by Gasteiger charge is -2.08. The van der Waals surface area contributed by atoms with Crippen molar-refractivity contribution < 1.29 is 14.8 Å². The Balaban J connectivity index is 2.73. The van der Waals surface area contributed by atoms with E-state index >= 15 is 0 Å². The fourth-order valence-electron chi connectivity index (χ4n) is 1.59. The number of aromatic nitrogens is 2. The summed E-state index contributed by atoms with van der Waals surface area (Å²) < 4.78 is 1.39. The Kier molecular flexibility index (Phi) is 4.24. The summed E-state index contributed by atoms with van der Waals surface area (Å²) in [5, 5.41) is 26.4. The molecule has 0 aromatic carbocycles. The number of aliphatic carboxylic acids is 1. The third-order valence-corrected chi connectivity index (χ3v) is 2.66. The van der Waals surface area contributed by atoms with Gasteiger partial charge in [-0.2, -0.15) is 5.10 Å². The molecule has 1 aromatic heterocycles. The Bertz CT molecular complexity index is 469. The SMILES string of the molecule is Cc1nn(C)c(NCCC(C)C(=O)O)c1[N+](=O)[O-]. The standard InChI is InChI=1S/C10H16N4O4/c1-6(10(15)16)4-5-11-9-8(14(17)18)7(2)12-13(9)3/h6,11H,4-5H2,1-3H3,(H,15,16). The van der Waals surface area contributed by atoms with Crippen LogP contribution in [0.3, 0.4) is 0 Å². The summed E-state index contributed by atoms with van der Waals surface area (Å²) in [4.78, 5) is 21.0. The monoisotopic (exact) mass is 256 g/mol. The van der Waals surface area contributed by atoms with E-state index in [9.17, 15) is 14.9 Å². The van der Waals surface area contributed by atoms with Gasteiger partial charge in [0, 0.05) is 13.6 Å². The van der Waals surface area contributed by atoms with Crippen LogP contribution in [0.25, 0.3) is 0 Å². The summed E-state index contributed by atoms with van der Waals surface area (Å²) in [6.45, 7) is 3.49. The molecule has 0 amide bonds. The van der Waals surface area contributed by atoms with Gasteiger partial charge in [-0.1, -0.05) is 6.92 Å². The van der Waals surface area contributed by atoms with Gasteiger partial charge in [-0.15, -0.1) is 0 Å². The molecule has 0 radical (unpaired) electrons. The average molecular weight is 256 g/mol. The van der Waals surface area contributed by atoms with Crippen LogP contribution in [0.5, 0.6) is 0 Å². The predicted molar refractivity (Wildman–Crippen MR) is 64.5 cm³/mol. The lowest BCUT2D eigenvalue weighted by molar-refractivity contribution is -0.384. The van der Waals surface area contributed by atoms with E-state index in [0.29, 0.717) is 24.5 Å². The average Bonchev–Trinajstić information content (AvgIpc) is 2.53. The Morgan fingerprint density at radius 2 is 2.28 bits per heavy atom. The summed E-state index contributed by atoms with van der Waals surface area (Å²) in [6, 6.07) is 0. The first-order valence-electron chi connectivity index (χ1n) is 5.49. The van der Waals surface area contributed by atoms with Crippen LogP contribution < -0.4 is 5.32 Å². The molecule has 1 atom stereocenters. The van der Waals surface area contributed by atoms with E-state index in [-0.39, 0.29) is 5.69 Å². The van der Waals surface area contributed by atoms with Crippen LogP contribution in [-0.2, 0) is 11.8 Å². The molecule has 8 heteroatoms. The van der Waals surface area contributed by atoms with Crippen LogP contribution >= 0.6 is 0 Å². The first kappa shape index (κ1) is 13.9. The van der Waals surface area contributed by atoms with Crippen molar-refractivity contribution >= 4 is 17.5 Å². The van der Waals surface area contributed by atoms with E-state index in [1.165, 1.54) is 4.68 Å². The number of aryl methyl sites for hydroxylation is 2. The zero-order valence-corrected chi connectivity index (χ0v) is 10.5. The molecule has 8 nitrogen and oxygen atoms in total. The van der Waals surface area contributed by atoms with Gasteiger partial charge in [0.15, 0.2) is 0 Å². The van der Waals surface area contributed by atoms with Gasteiger partial charge >= 0.3 is 11.7 Å². The maximum atomic E-state index is 10.9. The molecule has 0 fully saturated rings. The lowest BCUT2D eigenvalue weighted by Crippen LogP contribution is -2.16. The second-order valence-electron chi connectivity index (χ2n) is 4.12. The highest BCUT2D eigenvalue weighted by Crippen LogP contribution is 2.27. The molecule has 0 saturated carbocycles. The van der Waals surface area contributed by atoms with Gasteiger partial charge in [0.1, 0.15) is 5.69 Å². The van der Waals surface area contributed by atoms with Crippen LogP contribution in [0.4, 0.5) is 11.5 Å². The molecule has 0 spiro atoms. The number of nitro groups is 1. The molecule has 0 saturated heterocycles. The molecule has 1 heterocycles. The summed E-state index contributed by atoms with van der Waals surface area (Å²) >= 11 is 0. The Hall–Kier alpha value is -2.12. The van der Waals surface area contributed by atoms with Crippen LogP contribution in [0.1, 0.15) is 19.0 Å². The van der Waals surface area contributed by atoms with Crippen molar-refractivity contribution in [2.24, 2.45) is 13.0 Å². The number of nitrogens with one attached hydrogen (secondary N) is 1. The molecule has 0 aliphatic heterocycles. The normalized spacial score (nSPS) is 12.2. The van der Waals surface area contributed by atoms with Gasteiger partial charge in [0.25, 0.3) is 0 Å². The van der Waals surface area contributed by atoms with Crippen molar-refractivity contribution in [3.05, 3.63) is 15.8 Å². The maximum absolute atomic E-state index is 10.9. The van der Waals surface area contributed by atoms with Crippen molar-refractivity contribution in [1.29, 1.82) is 0 Å². The third-order valence-electron chi connectivity index (χ3n) is 2.66. The van der Waals surface area contributed by atoms with Gasteiger partial charge in [0.05, 0.1) is 10.8 Å². The summed E-state index contributed by atoms with van der Waals surface area (Å²) in [7, 11) is 1.60. The fourth-order valence-corrected chi connectivity index (χ4v) is 1.59. The highest BCUT2D eigenvalue weighted by atomic mass is 16.6. The van der Waals surface area contributed by atoms with Crippen molar-refractivity contribution in [3.63, 3.8) is 0 Å². The molecule has 100 valence electrons. The molecule has 0 aliphatic rings. The molecule has 0 aliphatic carbocycles. The van der Waals surface area contributed by atoms with Gasteiger partial charge in [-0.3, -0.25) is 14.9 Å². The van der Waals surface area contributed by atoms with Gasteiger partial charge in [0.2, 0.25) is 5.82 Å². The van der Waals surface area contributed by atoms with E-state index in [1.807, 2.05) is 0 Å². The third kappa shape index (κ3) is 2.96. The summed E-state index contributed by atoms with van der Waals surface area (Å²) in [5.41, 5.74) is 0.261. The molecule has 2 N–H and O–H groups in total. The Labute approximate surface area is 104 Å². The van der Waals surface area contributed by atoms with E-state index in [0.717, 1.165) is 0 Å². The van der Waals surface area contributed by atoms with E-state index in [2.05, 4.69) is 10.4 Å². The number of anilines is 1. The molecule has 1 aromatic rings. The maximum Gasteiger partial charge on any atom is 0.333 e. The minimum absolute atomic E-state index is 0.0690. The lowest BCUT2D eigenvalue weighted by atomic mass is 10.1. The first-order chi connectivity index (χ1) is 8.34. The molecule has 0 bridgehead atoms. The zero-order chi connectivity index (χ0) is 13.9. The van der Waals surface area contributed by atoms with Crippen LogP contribution in [0, 0.1) is 23.0 Å². The molecule has 1 unspecified atom stereocenters. The highest BCUT2D eigenvalue weighted by molar-refractivity contribution is 5.69. The Morgan fingerprint density at radius 1 is 1.67 bits per heavy atom. The van der Waals surface area contributed by atoms with Crippen molar-refractivity contribution in [1.82, 2.24) is 9.78 Å². The van der Waals surface area contributed by atoms with Crippen LogP contribution in [0.15, 0.2) is 0 Å². The molecular formula is C10H16N4O4. The quantitative estimate of drug-likeness (QED) is 0.583. The topological polar surface area (TPSA) is 110 Å². The zero-order valence-electron chi connectivity index (χ0n) is 10.5. The second-order valence-corrected chi connectivity index (χ2v) is 4.12. The molecular weight excluding hydrogens is 240 g/mol. The van der Waals surface area contributed by atoms with Crippen molar-refractivity contribution in [3.8, 4) is 0 Å². The van der Waals surface area contributed by atoms with Crippen molar-refractivity contribution in [2.45, 2.75) is 20.3 Å². The summed E-state index contributed by atoms with van der Waals surface area (Å²) in [5.74, 6) is -1.08. The van der Waals surface area contributed by atoms with E-state index in [4.69, 9.17) is 5.11 Å². The Morgan fingerprint density at radius 3 is 2.78 bits per heavy atom. The highest BCUT2D eigenvalue weighted by Gasteiger charge is 2.23. The first-order valence-corrected chi connectivity index (χ1v) is 5.49. The van der Waals surface area contributed by atoms with Gasteiger partial charge in [-0.25, -0.2) is 4.68 Å². The number of carboxylic acids is 1. The minimum Gasteiger partial charge on any atom is -0.481 e. The number of hydrogen-bond acceptors (Lipinski definition) is 5. The molecule has 18 heavy (non-hydrogen) atoms. The van der Waals surface area contributed by atoms with Crippen LogP contribution in [0.2, 0.25) is 0 Å². The number of carbonyl (C=O) groups is 1. The van der Waals surface area contributed by atoms with Gasteiger partial charge in [-0.05, 0) is 13.3 Å². The smallest absolute Gasteiger partial charge is 0.333 e. The number of hydrogen-bond donors (Lipinski definition) is 2. The predicted octanol–water partition coefficient (Wildman–Crippen LogP) is 1.16. The van der Waals surface area contributed by atoms with E-state index < -0.39 is 16.8 Å². The number of rotatable bonds is 6. The number of carboxylic acid groups (broad SMARTS) is 1. The minimum atomic E-state index is -0.882. The number of nitrogens with zero attached hydrogens (tertiary/aromatic N) is 3. The van der Waals surface area contributed by atoms with Crippen molar-refractivity contribution in [2.75, 3.05) is 11.9 Å². The summed E-state index contributed by atoms with van der Waals surface area (Å²) in [6.07, 6.45) is 0.386.